The Hall–Kier alpha value is -2.83. The Morgan fingerprint density at radius 1 is 1.18 bits per heavy atom. The third-order valence-electron chi connectivity index (χ3n) is 4.45. The molecule has 0 aliphatic rings. The lowest BCUT2D eigenvalue weighted by molar-refractivity contribution is 0.0933. The molecule has 3 aromatic rings. The molecular formula is C21H22ClN3O3. The van der Waals surface area contributed by atoms with Crippen LogP contribution in [0.1, 0.15) is 22.1 Å². The number of amides is 1. The van der Waals surface area contributed by atoms with E-state index in [-0.39, 0.29) is 17.6 Å². The molecule has 0 unspecified atom stereocenters. The highest BCUT2D eigenvalue weighted by Gasteiger charge is 2.18. The van der Waals surface area contributed by atoms with Crippen LogP contribution in [0.2, 0.25) is 5.02 Å². The first-order valence-electron chi connectivity index (χ1n) is 8.79. The van der Waals surface area contributed by atoms with Gasteiger partial charge in [0.1, 0.15) is 5.75 Å². The second kappa shape index (κ2) is 8.91. The van der Waals surface area contributed by atoms with Crippen molar-refractivity contribution in [2.75, 3.05) is 27.7 Å². The van der Waals surface area contributed by atoms with E-state index < -0.39 is 0 Å². The van der Waals surface area contributed by atoms with Crippen molar-refractivity contribution < 1.29 is 14.1 Å². The quantitative estimate of drug-likeness (QED) is 0.649. The number of hydrogen-bond donors (Lipinski definition) is 1. The second-order valence-corrected chi connectivity index (χ2v) is 6.98. The number of aromatic nitrogens is 1. The Labute approximate surface area is 169 Å². The number of likely N-dealkylation sites (N-methyl/N-ethyl adjacent to an activating group) is 1. The second-order valence-electron chi connectivity index (χ2n) is 6.55. The van der Waals surface area contributed by atoms with E-state index in [0.717, 1.165) is 16.9 Å². The van der Waals surface area contributed by atoms with E-state index in [0.29, 0.717) is 17.3 Å². The molecule has 0 bridgehead atoms. The molecular weight excluding hydrogens is 378 g/mol. The molecule has 3 rings (SSSR count). The van der Waals surface area contributed by atoms with Crippen LogP contribution in [0.25, 0.3) is 11.3 Å². The molecule has 0 radical (unpaired) electrons. The summed E-state index contributed by atoms with van der Waals surface area (Å²) in [6.45, 7) is 0.429. The van der Waals surface area contributed by atoms with Crippen LogP contribution < -0.4 is 10.1 Å². The number of ether oxygens (including phenoxy) is 1. The number of hydrogen-bond acceptors (Lipinski definition) is 5. The first-order chi connectivity index (χ1) is 13.5. The first kappa shape index (κ1) is 19.9. The van der Waals surface area contributed by atoms with E-state index in [1.165, 1.54) is 0 Å². The number of methoxy groups -OCH3 is 1. The summed E-state index contributed by atoms with van der Waals surface area (Å²) in [5, 5.41) is 7.49. The maximum absolute atomic E-state index is 12.5. The molecule has 0 spiro atoms. The van der Waals surface area contributed by atoms with E-state index >= 15 is 0 Å². The number of carbonyl (C=O) groups excluding carboxylic acids is 1. The van der Waals surface area contributed by atoms with Crippen LogP contribution in [-0.4, -0.2) is 43.7 Å². The summed E-state index contributed by atoms with van der Waals surface area (Å²) < 4.78 is 10.5. The van der Waals surface area contributed by atoms with Gasteiger partial charge in [0, 0.05) is 23.2 Å². The van der Waals surface area contributed by atoms with E-state index in [1.54, 1.807) is 13.2 Å². The van der Waals surface area contributed by atoms with Crippen LogP contribution in [0, 0.1) is 0 Å². The zero-order valence-electron chi connectivity index (χ0n) is 16.0. The molecule has 0 aliphatic carbocycles. The van der Waals surface area contributed by atoms with Gasteiger partial charge in [0.25, 0.3) is 5.91 Å². The van der Waals surface area contributed by atoms with Crippen molar-refractivity contribution >= 4 is 17.5 Å². The Morgan fingerprint density at radius 3 is 2.46 bits per heavy atom. The molecule has 28 heavy (non-hydrogen) atoms. The summed E-state index contributed by atoms with van der Waals surface area (Å²) in [7, 11) is 5.53. The number of rotatable bonds is 7. The van der Waals surface area contributed by atoms with Gasteiger partial charge in [0.2, 0.25) is 0 Å². The predicted octanol–water partition coefficient (Wildman–Crippen LogP) is 4.04. The molecule has 6 nitrogen and oxygen atoms in total. The van der Waals surface area contributed by atoms with Crippen molar-refractivity contribution in [1.29, 1.82) is 0 Å². The topological polar surface area (TPSA) is 67.6 Å². The van der Waals surface area contributed by atoms with Gasteiger partial charge in [0.05, 0.1) is 13.2 Å². The molecule has 146 valence electrons. The van der Waals surface area contributed by atoms with Crippen LogP contribution in [0.3, 0.4) is 0 Å². The first-order valence-corrected chi connectivity index (χ1v) is 9.17. The minimum Gasteiger partial charge on any atom is -0.497 e. The van der Waals surface area contributed by atoms with Gasteiger partial charge in [-0.15, -0.1) is 0 Å². The van der Waals surface area contributed by atoms with Gasteiger partial charge >= 0.3 is 0 Å². The number of benzene rings is 2. The molecule has 1 atom stereocenters. The maximum Gasteiger partial charge on any atom is 0.273 e. The predicted molar refractivity (Wildman–Crippen MR) is 109 cm³/mol. The minimum absolute atomic E-state index is 0.00850. The van der Waals surface area contributed by atoms with Gasteiger partial charge in [-0.3, -0.25) is 4.79 Å². The zero-order chi connectivity index (χ0) is 20.1. The number of carbonyl (C=O) groups is 1. The van der Waals surface area contributed by atoms with E-state index in [1.807, 2.05) is 67.5 Å². The van der Waals surface area contributed by atoms with Crippen molar-refractivity contribution in [2.24, 2.45) is 0 Å². The van der Waals surface area contributed by atoms with Gasteiger partial charge in [-0.2, -0.15) is 0 Å². The van der Waals surface area contributed by atoms with Crippen molar-refractivity contribution in [3.8, 4) is 17.1 Å². The molecule has 1 N–H and O–H groups in total. The average Bonchev–Trinajstić information content (AvgIpc) is 3.19. The molecule has 2 aromatic carbocycles. The van der Waals surface area contributed by atoms with Crippen LogP contribution >= 0.6 is 11.6 Å². The van der Waals surface area contributed by atoms with Crippen LogP contribution in [0.4, 0.5) is 0 Å². The molecule has 1 amide bonds. The Kier molecular flexibility index (Phi) is 6.34. The third kappa shape index (κ3) is 4.71. The fraction of sp³-hybridized carbons (Fsp3) is 0.238. The molecule has 1 heterocycles. The van der Waals surface area contributed by atoms with E-state index in [9.17, 15) is 4.79 Å². The summed E-state index contributed by atoms with van der Waals surface area (Å²) in [5.74, 6) is 0.983. The van der Waals surface area contributed by atoms with Gasteiger partial charge in [0.15, 0.2) is 11.5 Å². The monoisotopic (exact) mass is 399 g/mol. The molecule has 0 saturated carbocycles. The molecule has 0 fully saturated rings. The van der Waals surface area contributed by atoms with Gasteiger partial charge in [-0.05, 0) is 56.1 Å². The van der Waals surface area contributed by atoms with Gasteiger partial charge < -0.3 is 19.5 Å². The fourth-order valence-electron chi connectivity index (χ4n) is 2.84. The summed E-state index contributed by atoms with van der Waals surface area (Å²) in [6.07, 6.45) is 0. The lowest BCUT2D eigenvalue weighted by atomic mass is 10.1. The highest BCUT2D eigenvalue weighted by atomic mass is 35.5. The molecule has 0 saturated heterocycles. The zero-order valence-corrected chi connectivity index (χ0v) is 16.7. The highest BCUT2D eigenvalue weighted by Crippen LogP contribution is 2.23. The largest absolute Gasteiger partial charge is 0.497 e. The molecule has 1 aromatic heterocycles. The highest BCUT2D eigenvalue weighted by molar-refractivity contribution is 6.30. The molecule has 0 aliphatic heterocycles. The van der Waals surface area contributed by atoms with E-state index in [2.05, 4.69) is 10.5 Å². The standard InChI is InChI=1S/C21H22ClN3O3/c1-25(2)19(14-4-8-16(22)9-5-14)13-23-21(26)18-12-20(28-24-18)15-6-10-17(27-3)11-7-15/h4-12,19H,13H2,1-3H3,(H,23,26)/t19-/m1/s1. The van der Waals surface area contributed by atoms with Crippen LogP contribution in [0.5, 0.6) is 5.75 Å². The van der Waals surface area contributed by atoms with Crippen molar-refractivity contribution in [3.05, 3.63) is 70.9 Å². The van der Waals surface area contributed by atoms with Crippen molar-refractivity contribution in [2.45, 2.75) is 6.04 Å². The summed E-state index contributed by atoms with van der Waals surface area (Å²) in [5.41, 5.74) is 2.12. The summed E-state index contributed by atoms with van der Waals surface area (Å²) >= 11 is 5.96. The van der Waals surface area contributed by atoms with Crippen LogP contribution in [0.15, 0.2) is 59.1 Å². The minimum atomic E-state index is -0.288. The average molecular weight is 400 g/mol. The third-order valence-corrected chi connectivity index (χ3v) is 4.70. The van der Waals surface area contributed by atoms with Gasteiger partial charge in [-0.25, -0.2) is 0 Å². The smallest absolute Gasteiger partial charge is 0.273 e. The Balaban J connectivity index is 1.67. The van der Waals surface area contributed by atoms with E-state index in [4.69, 9.17) is 20.9 Å². The SMILES string of the molecule is COc1ccc(-c2cc(C(=O)NC[C@H](c3ccc(Cl)cc3)N(C)C)no2)cc1. The van der Waals surface area contributed by atoms with Crippen molar-refractivity contribution in [1.82, 2.24) is 15.4 Å². The van der Waals surface area contributed by atoms with Crippen molar-refractivity contribution in [3.63, 3.8) is 0 Å². The Bertz CT molecular complexity index is 921. The summed E-state index contributed by atoms with van der Waals surface area (Å²) in [6, 6.07) is 16.6. The number of nitrogens with zero attached hydrogens (tertiary/aromatic N) is 2. The lowest BCUT2D eigenvalue weighted by Crippen LogP contribution is -2.34. The van der Waals surface area contributed by atoms with Crippen LogP contribution in [-0.2, 0) is 0 Å². The van der Waals surface area contributed by atoms with Gasteiger partial charge in [-0.1, -0.05) is 28.9 Å². The normalized spacial score (nSPS) is 12.0. The lowest BCUT2D eigenvalue weighted by Gasteiger charge is -2.25. The fourth-order valence-corrected chi connectivity index (χ4v) is 2.96. The number of nitrogens with one attached hydrogen (secondary N) is 1. The maximum atomic E-state index is 12.5. The Morgan fingerprint density at radius 2 is 1.86 bits per heavy atom. The summed E-state index contributed by atoms with van der Waals surface area (Å²) in [4.78, 5) is 14.5. The molecule has 7 heteroatoms. The number of halogens is 1.